The van der Waals surface area contributed by atoms with Crippen molar-refractivity contribution in [1.29, 1.82) is 0 Å². The van der Waals surface area contributed by atoms with Crippen molar-refractivity contribution in [3.05, 3.63) is 91.7 Å². The van der Waals surface area contributed by atoms with Crippen LogP contribution in [-0.4, -0.2) is 123 Å². The van der Waals surface area contributed by atoms with Gasteiger partial charge in [0.15, 0.2) is 17.6 Å². The quantitative estimate of drug-likeness (QED) is 0.166. The molecule has 16 heteroatoms. The highest BCUT2D eigenvalue weighted by molar-refractivity contribution is 5.85. The van der Waals surface area contributed by atoms with E-state index in [4.69, 9.17) is 33.3 Å². The smallest absolute Gasteiger partial charge is 0.444 e. The maximum atomic E-state index is 15.0. The summed E-state index contributed by atoms with van der Waals surface area (Å²) < 4.78 is 38.1. The molecule has 3 aliphatic rings. The molecule has 65 heavy (non-hydrogen) atoms. The third-order valence-electron chi connectivity index (χ3n) is 13.6. The highest BCUT2D eigenvalue weighted by Gasteiger charge is 2.61. The first-order valence-electron chi connectivity index (χ1n) is 22.2. The van der Waals surface area contributed by atoms with Crippen LogP contribution >= 0.6 is 0 Å². The van der Waals surface area contributed by atoms with Crippen molar-refractivity contribution in [3.63, 3.8) is 0 Å². The molecule has 3 fully saturated rings. The van der Waals surface area contributed by atoms with Crippen LogP contribution in [0.25, 0.3) is 11.1 Å². The van der Waals surface area contributed by atoms with E-state index in [-0.39, 0.29) is 24.7 Å². The number of likely N-dealkylation sites (N-methyl/N-ethyl adjacent to an activating group) is 1. The summed E-state index contributed by atoms with van der Waals surface area (Å²) in [6, 6.07) is 12.7. The highest BCUT2D eigenvalue weighted by Crippen LogP contribution is 2.44. The number of Topliss-reactive ketones (excluding diaryl/α,β-unsaturated/α-hetero) is 1. The molecular formula is C49H64N4O12. The lowest BCUT2D eigenvalue weighted by Gasteiger charge is -2.48. The third kappa shape index (κ3) is 10.5. The van der Waals surface area contributed by atoms with Crippen LogP contribution in [0.15, 0.2) is 86.1 Å². The number of aliphatic hydroxyl groups excluding tert-OH is 1. The zero-order chi connectivity index (χ0) is 47.4. The Morgan fingerprint density at radius 2 is 1.71 bits per heavy atom. The minimum absolute atomic E-state index is 0.0494. The van der Waals surface area contributed by atoms with E-state index in [9.17, 15) is 24.3 Å². The fourth-order valence-corrected chi connectivity index (χ4v) is 9.66. The fourth-order valence-electron chi connectivity index (χ4n) is 9.66. The predicted molar refractivity (Wildman–Crippen MR) is 237 cm³/mol. The molecule has 3 aliphatic heterocycles. The number of esters is 2. The van der Waals surface area contributed by atoms with Gasteiger partial charge in [-0.25, -0.2) is 4.79 Å². The Morgan fingerprint density at radius 3 is 2.37 bits per heavy atom. The lowest BCUT2D eigenvalue weighted by molar-refractivity contribution is -0.301. The maximum Gasteiger partial charge on any atom is 0.444 e. The number of pyridine rings is 2. The molecule has 14 atom stereocenters. The summed E-state index contributed by atoms with van der Waals surface area (Å²) in [6.07, 6.45) is 1.40. The van der Waals surface area contributed by atoms with E-state index in [1.807, 2.05) is 25.1 Å². The molecule has 1 unspecified atom stereocenters. The number of carbonyl (C=O) groups is 4. The molecule has 352 valence electrons. The number of nitrogens with zero attached hydrogens (tertiary/aromatic N) is 4. The van der Waals surface area contributed by atoms with E-state index in [0.717, 1.165) is 16.2 Å². The van der Waals surface area contributed by atoms with Gasteiger partial charge < -0.3 is 43.3 Å². The van der Waals surface area contributed by atoms with Crippen LogP contribution in [0.5, 0.6) is 5.75 Å². The molecular weight excluding hydrogens is 837 g/mol. The van der Waals surface area contributed by atoms with Crippen LogP contribution in [0.1, 0.15) is 73.8 Å². The minimum Gasteiger partial charge on any atom is -0.461 e. The first-order valence-corrected chi connectivity index (χ1v) is 22.2. The van der Waals surface area contributed by atoms with E-state index in [2.05, 4.69) is 16.5 Å². The number of rotatable bonds is 11. The number of ketones is 1. The van der Waals surface area contributed by atoms with E-state index < -0.39 is 95.7 Å². The number of aliphatic hydroxyl groups is 1. The Hall–Kier alpha value is -5.42. The Bertz CT molecular complexity index is 2150. The molecule has 0 aliphatic carbocycles. The normalized spacial score (nSPS) is 34.6. The van der Waals surface area contributed by atoms with E-state index >= 15 is 0 Å². The van der Waals surface area contributed by atoms with Gasteiger partial charge in [-0.3, -0.25) is 24.4 Å². The molecule has 1 N–H and O–H groups in total. The van der Waals surface area contributed by atoms with Gasteiger partial charge in [-0.15, -0.1) is 5.06 Å². The second-order valence-electron chi connectivity index (χ2n) is 18.2. The molecule has 16 nitrogen and oxygen atoms in total. The molecule has 3 aromatic rings. The second kappa shape index (κ2) is 20.4. The van der Waals surface area contributed by atoms with E-state index in [1.54, 1.807) is 122 Å². The Kier molecular flexibility index (Phi) is 15.4. The molecule has 3 saturated heterocycles. The number of benzene rings is 1. The zero-order valence-electron chi connectivity index (χ0n) is 39.0. The number of amides is 1. The number of methoxy groups -OCH3 is 1. The molecule has 2 aromatic heterocycles. The van der Waals surface area contributed by atoms with Gasteiger partial charge in [-0.2, -0.15) is 0 Å². The maximum absolute atomic E-state index is 15.0. The number of hydrogen-bond donors (Lipinski definition) is 1. The zero-order valence-corrected chi connectivity index (χ0v) is 39.0. The molecule has 0 radical (unpaired) electrons. The minimum atomic E-state index is -1.62. The number of ether oxygens (including phenoxy) is 6. The van der Waals surface area contributed by atoms with E-state index in [0.29, 0.717) is 17.7 Å². The van der Waals surface area contributed by atoms with Crippen molar-refractivity contribution in [2.24, 2.45) is 23.7 Å². The first-order chi connectivity index (χ1) is 30.8. The molecule has 5 heterocycles. The van der Waals surface area contributed by atoms with Crippen LogP contribution < -0.4 is 4.84 Å². The van der Waals surface area contributed by atoms with Gasteiger partial charge in [0.25, 0.3) is 0 Å². The second-order valence-corrected chi connectivity index (χ2v) is 18.2. The van der Waals surface area contributed by atoms with Crippen molar-refractivity contribution in [1.82, 2.24) is 19.9 Å². The monoisotopic (exact) mass is 900 g/mol. The van der Waals surface area contributed by atoms with Gasteiger partial charge in [0.1, 0.15) is 30.1 Å². The Balaban J connectivity index is 1.42. The van der Waals surface area contributed by atoms with Gasteiger partial charge in [0, 0.05) is 56.7 Å². The van der Waals surface area contributed by atoms with Crippen LogP contribution in [0, 0.1) is 23.7 Å². The predicted octanol–water partition coefficient (Wildman–Crippen LogP) is 6.35. The van der Waals surface area contributed by atoms with E-state index in [1.165, 1.54) is 7.11 Å². The summed E-state index contributed by atoms with van der Waals surface area (Å²) in [5, 5.41) is 12.8. The molecule has 1 amide bonds. The highest BCUT2D eigenvalue weighted by atomic mass is 16.8. The molecule has 1 aromatic carbocycles. The average Bonchev–Trinajstić information content (AvgIpc) is 3.55. The summed E-state index contributed by atoms with van der Waals surface area (Å²) in [4.78, 5) is 73.8. The lowest BCUT2D eigenvalue weighted by atomic mass is 9.73. The number of carbonyl (C=O) groups excluding carboxylic acids is 4. The SMILES string of the molecule is C=CN(C)[C@H]1C[C@@H](C)OC(O[C@@H]2[C@@H](C)[C@H](OC(=O)Cc3cccnc3)[C@@H](C)C(=O)O[C@H](C)[C@@]3(C)OC(=O)N(Oc4cccc(-c5ccncc5)c4)[C@H]3[C@@H](C)C(=O)[C@H](C)C[C@@]2(C)OC)[C@@H]1O. The standard InChI is InChI=1S/C49H64N4O12/c1-12-52(10)38-23-29(3)60-46(41(38)56)63-44-31(5)42(62-39(54)24-34-15-14-20-51-27-34)32(6)45(57)61-33(7)49(9)43(30(4)40(55)28(2)26-48(44,8)59-11)53(47(58)64-49)65-37-17-13-16-36(25-37)35-18-21-50-22-19-35/h12-22,25,27-33,38,41-44,46,56H,1,23-24,26H2,2-11H3/t28-,29-,30+,31+,32-,33-,38+,41-,42+,43+,44-,46?,48-,49-/m1/s1. The van der Waals surface area contributed by atoms with Gasteiger partial charge in [-0.1, -0.05) is 45.5 Å². The van der Waals surface area contributed by atoms with Gasteiger partial charge in [-0.05, 0) is 101 Å². The third-order valence-corrected chi connectivity index (χ3v) is 13.6. The fraction of sp³-hybridized carbons (Fsp3) is 0.551. The number of fused-ring (bicyclic) bond motifs is 1. The van der Waals surface area contributed by atoms with Gasteiger partial charge in [0.2, 0.25) is 0 Å². The summed E-state index contributed by atoms with van der Waals surface area (Å²) in [6.45, 7) is 17.5. The number of aromatic nitrogens is 2. The number of hydroxylamine groups is 2. The van der Waals surface area contributed by atoms with Crippen molar-refractivity contribution >= 4 is 23.8 Å². The van der Waals surface area contributed by atoms with Crippen LogP contribution in [0.3, 0.4) is 0 Å². The topological polar surface area (TPSA) is 185 Å². The Labute approximate surface area is 381 Å². The lowest BCUT2D eigenvalue weighted by Crippen LogP contribution is -2.61. The summed E-state index contributed by atoms with van der Waals surface area (Å²) in [5.74, 6) is -5.11. The summed E-state index contributed by atoms with van der Waals surface area (Å²) in [5.41, 5.74) is -0.727. The van der Waals surface area contributed by atoms with Crippen molar-refractivity contribution < 1.29 is 57.5 Å². The number of cyclic esters (lactones) is 1. The van der Waals surface area contributed by atoms with Gasteiger partial charge >= 0.3 is 18.0 Å². The molecule has 0 spiro atoms. The summed E-state index contributed by atoms with van der Waals surface area (Å²) in [7, 11) is 3.29. The molecule has 6 rings (SSSR count). The Morgan fingerprint density at radius 1 is 0.985 bits per heavy atom. The van der Waals surface area contributed by atoms with Crippen LogP contribution in [0.4, 0.5) is 4.79 Å². The molecule has 0 bridgehead atoms. The summed E-state index contributed by atoms with van der Waals surface area (Å²) >= 11 is 0. The average molecular weight is 901 g/mol. The van der Waals surface area contributed by atoms with Crippen molar-refractivity contribution in [2.45, 2.75) is 135 Å². The van der Waals surface area contributed by atoms with Crippen molar-refractivity contribution in [2.75, 3.05) is 14.2 Å². The largest absolute Gasteiger partial charge is 0.461 e. The molecule has 0 saturated carbocycles. The first kappa shape index (κ1) is 49.0. The van der Waals surface area contributed by atoms with Crippen LogP contribution in [0.2, 0.25) is 0 Å². The number of hydrogen-bond acceptors (Lipinski definition) is 15. The van der Waals surface area contributed by atoms with Crippen LogP contribution in [-0.2, 0) is 49.2 Å². The van der Waals surface area contributed by atoms with Gasteiger partial charge in [0.05, 0.1) is 36.2 Å². The van der Waals surface area contributed by atoms with Crippen molar-refractivity contribution in [3.8, 4) is 16.9 Å².